The monoisotopic (exact) mass is 207 g/mol. The summed E-state index contributed by atoms with van der Waals surface area (Å²) >= 11 is 0. The van der Waals surface area contributed by atoms with E-state index in [9.17, 15) is 0 Å². The lowest BCUT2D eigenvalue weighted by atomic mass is 9.89. The van der Waals surface area contributed by atoms with E-state index in [1.807, 2.05) is 0 Å². The van der Waals surface area contributed by atoms with E-state index in [1.165, 1.54) is 23.4 Å². The molecule has 2 heteroatoms. The third kappa shape index (κ3) is 2.91. The third-order valence-electron chi connectivity index (χ3n) is 3.04. The summed E-state index contributed by atoms with van der Waals surface area (Å²) in [7, 11) is 0. The zero-order valence-electron chi connectivity index (χ0n) is 10.1. The third-order valence-corrected chi connectivity index (χ3v) is 3.04. The SMILES string of the molecule is CC(C)(C)CCC1=NC2=C(COCC2)C1. The summed E-state index contributed by atoms with van der Waals surface area (Å²) in [6, 6.07) is 0. The Morgan fingerprint density at radius 1 is 1.33 bits per heavy atom. The number of ether oxygens (including phenoxy) is 1. The molecule has 2 heterocycles. The quantitative estimate of drug-likeness (QED) is 0.680. The van der Waals surface area contributed by atoms with E-state index in [1.54, 1.807) is 0 Å². The first kappa shape index (κ1) is 10.9. The van der Waals surface area contributed by atoms with Crippen LogP contribution in [0.25, 0.3) is 0 Å². The van der Waals surface area contributed by atoms with Gasteiger partial charge in [-0.05, 0) is 23.8 Å². The van der Waals surface area contributed by atoms with Gasteiger partial charge in [-0.25, -0.2) is 0 Å². The van der Waals surface area contributed by atoms with Gasteiger partial charge < -0.3 is 4.74 Å². The maximum absolute atomic E-state index is 5.45. The molecule has 2 aliphatic rings. The second kappa shape index (κ2) is 4.09. The van der Waals surface area contributed by atoms with Gasteiger partial charge in [0.05, 0.1) is 13.2 Å². The molecular formula is C13H21NO. The molecule has 0 radical (unpaired) electrons. The summed E-state index contributed by atoms with van der Waals surface area (Å²) in [5.41, 5.74) is 4.55. The number of hydrogen-bond donors (Lipinski definition) is 0. The molecule has 0 aromatic rings. The smallest absolute Gasteiger partial charge is 0.0701 e. The highest BCUT2D eigenvalue weighted by molar-refractivity contribution is 5.90. The average molecular weight is 207 g/mol. The van der Waals surface area contributed by atoms with Crippen LogP contribution in [0.2, 0.25) is 0 Å². The highest BCUT2D eigenvalue weighted by atomic mass is 16.5. The molecule has 0 fully saturated rings. The normalized spacial score (nSPS) is 21.7. The van der Waals surface area contributed by atoms with Gasteiger partial charge in [0.1, 0.15) is 0 Å². The van der Waals surface area contributed by atoms with E-state index in [-0.39, 0.29) is 0 Å². The van der Waals surface area contributed by atoms with Crippen LogP contribution in [0.15, 0.2) is 16.3 Å². The Hall–Kier alpha value is -0.630. The van der Waals surface area contributed by atoms with E-state index in [2.05, 4.69) is 20.8 Å². The number of hydrogen-bond acceptors (Lipinski definition) is 2. The summed E-state index contributed by atoms with van der Waals surface area (Å²) in [5.74, 6) is 0. The van der Waals surface area contributed by atoms with Gasteiger partial charge >= 0.3 is 0 Å². The molecule has 0 spiro atoms. The molecule has 0 atom stereocenters. The minimum atomic E-state index is 0.419. The molecule has 0 saturated heterocycles. The molecule has 15 heavy (non-hydrogen) atoms. The van der Waals surface area contributed by atoms with Crippen molar-refractivity contribution >= 4 is 5.71 Å². The van der Waals surface area contributed by atoms with E-state index >= 15 is 0 Å². The molecule has 0 bridgehead atoms. The Morgan fingerprint density at radius 3 is 2.80 bits per heavy atom. The maximum atomic E-state index is 5.45. The molecule has 84 valence electrons. The lowest BCUT2D eigenvalue weighted by Crippen LogP contribution is -2.09. The van der Waals surface area contributed by atoms with Gasteiger partial charge in [-0.1, -0.05) is 20.8 Å². The molecule has 0 amide bonds. The molecule has 0 aromatic heterocycles. The molecule has 0 N–H and O–H groups in total. The Bertz CT molecular complexity index is 307. The van der Waals surface area contributed by atoms with Gasteiger partial charge in [0.2, 0.25) is 0 Å². The van der Waals surface area contributed by atoms with Crippen molar-refractivity contribution < 1.29 is 4.74 Å². The van der Waals surface area contributed by atoms with Crippen molar-refractivity contribution in [3.8, 4) is 0 Å². The second-order valence-corrected chi connectivity index (χ2v) is 5.77. The lowest BCUT2D eigenvalue weighted by Gasteiger charge is -2.17. The van der Waals surface area contributed by atoms with Crippen LogP contribution in [0, 0.1) is 5.41 Å². The van der Waals surface area contributed by atoms with Gasteiger partial charge in [0, 0.05) is 24.3 Å². The Morgan fingerprint density at radius 2 is 2.13 bits per heavy atom. The van der Waals surface area contributed by atoms with Crippen LogP contribution in [0.1, 0.15) is 46.5 Å². The van der Waals surface area contributed by atoms with E-state index in [0.29, 0.717) is 5.41 Å². The second-order valence-electron chi connectivity index (χ2n) is 5.77. The Balaban J connectivity index is 1.88. The average Bonchev–Trinajstić information content (AvgIpc) is 2.56. The van der Waals surface area contributed by atoms with Gasteiger partial charge in [-0.15, -0.1) is 0 Å². The standard InChI is InChI=1S/C13H21NO/c1-13(2,3)6-4-11-8-10-9-15-7-5-12(10)14-11/h4-9H2,1-3H3. The van der Waals surface area contributed by atoms with Gasteiger partial charge in [-0.2, -0.15) is 0 Å². The first-order chi connectivity index (χ1) is 7.04. The predicted octanol–water partition coefficient (Wildman–Crippen LogP) is 3.33. The van der Waals surface area contributed by atoms with Crippen molar-refractivity contribution in [1.82, 2.24) is 0 Å². The number of nitrogens with zero attached hydrogens (tertiary/aromatic N) is 1. The molecule has 0 aromatic carbocycles. The van der Waals surface area contributed by atoms with E-state index in [4.69, 9.17) is 9.73 Å². The van der Waals surface area contributed by atoms with Gasteiger partial charge in [-0.3, -0.25) is 4.99 Å². The van der Waals surface area contributed by atoms with E-state index in [0.717, 1.165) is 32.5 Å². The van der Waals surface area contributed by atoms with Crippen molar-refractivity contribution in [2.24, 2.45) is 10.4 Å². The zero-order chi connectivity index (χ0) is 10.9. The van der Waals surface area contributed by atoms with Crippen LogP contribution in [-0.4, -0.2) is 18.9 Å². The van der Waals surface area contributed by atoms with Crippen LogP contribution < -0.4 is 0 Å². The van der Waals surface area contributed by atoms with Crippen molar-refractivity contribution in [3.05, 3.63) is 11.3 Å². The summed E-state index contributed by atoms with van der Waals surface area (Å²) in [5, 5.41) is 0. The summed E-state index contributed by atoms with van der Waals surface area (Å²) < 4.78 is 5.45. The Labute approximate surface area is 92.4 Å². The molecule has 2 nitrogen and oxygen atoms in total. The molecule has 0 unspecified atom stereocenters. The van der Waals surface area contributed by atoms with Crippen LogP contribution >= 0.6 is 0 Å². The number of rotatable bonds is 2. The summed E-state index contributed by atoms with van der Waals surface area (Å²) in [6.45, 7) is 8.55. The molecule has 2 aliphatic heterocycles. The summed E-state index contributed by atoms with van der Waals surface area (Å²) in [4.78, 5) is 4.73. The van der Waals surface area contributed by atoms with Crippen LogP contribution in [-0.2, 0) is 4.74 Å². The highest BCUT2D eigenvalue weighted by Crippen LogP contribution is 2.30. The van der Waals surface area contributed by atoms with Gasteiger partial charge in [0.25, 0.3) is 0 Å². The lowest BCUT2D eigenvalue weighted by molar-refractivity contribution is 0.146. The van der Waals surface area contributed by atoms with Crippen LogP contribution in [0.4, 0.5) is 0 Å². The van der Waals surface area contributed by atoms with Gasteiger partial charge in [0.15, 0.2) is 0 Å². The minimum Gasteiger partial charge on any atom is -0.377 e. The highest BCUT2D eigenvalue weighted by Gasteiger charge is 2.22. The zero-order valence-corrected chi connectivity index (χ0v) is 10.1. The van der Waals surface area contributed by atoms with Crippen molar-refractivity contribution in [1.29, 1.82) is 0 Å². The molecule has 2 rings (SSSR count). The number of aliphatic imine (C=N–C) groups is 1. The predicted molar refractivity (Wildman–Crippen MR) is 63.2 cm³/mol. The molecular weight excluding hydrogens is 186 g/mol. The van der Waals surface area contributed by atoms with Crippen molar-refractivity contribution in [2.45, 2.75) is 46.5 Å². The van der Waals surface area contributed by atoms with Crippen molar-refractivity contribution in [3.63, 3.8) is 0 Å². The summed E-state index contributed by atoms with van der Waals surface area (Å²) in [6.07, 6.45) is 4.48. The first-order valence-electron chi connectivity index (χ1n) is 5.90. The topological polar surface area (TPSA) is 21.6 Å². The van der Waals surface area contributed by atoms with E-state index < -0.39 is 0 Å². The van der Waals surface area contributed by atoms with Crippen LogP contribution in [0.5, 0.6) is 0 Å². The fourth-order valence-corrected chi connectivity index (χ4v) is 2.05. The van der Waals surface area contributed by atoms with Crippen LogP contribution in [0.3, 0.4) is 0 Å². The minimum absolute atomic E-state index is 0.419. The largest absolute Gasteiger partial charge is 0.377 e. The molecule has 0 aliphatic carbocycles. The first-order valence-corrected chi connectivity index (χ1v) is 5.90. The molecule has 0 saturated carbocycles. The maximum Gasteiger partial charge on any atom is 0.0701 e. The fourth-order valence-electron chi connectivity index (χ4n) is 2.05. The van der Waals surface area contributed by atoms with Crippen molar-refractivity contribution in [2.75, 3.05) is 13.2 Å². The Kier molecular flexibility index (Phi) is 2.96. The fraction of sp³-hybridized carbons (Fsp3) is 0.769.